The Morgan fingerprint density at radius 3 is 2.67 bits per heavy atom. The molecule has 2 N–H and O–H groups in total. The number of carbonyl (C=O) groups is 1. The van der Waals surface area contributed by atoms with E-state index in [2.05, 4.69) is 29.6 Å². The SMILES string of the molecule is O=C(O)[C@@H]1CC[C@H](c2cccc3ccccc23)N1. The van der Waals surface area contributed by atoms with E-state index in [9.17, 15) is 4.79 Å². The Kier molecular flexibility index (Phi) is 2.76. The largest absolute Gasteiger partial charge is 0.480 e. The standard InChI is InChI=1S/C15H15NO2/c17-15(18)14-9-8-13(16-14)12-7-3-5-10-4-1-2-6-11(10)12/h1-7,13-14,16H,8-9H2,(H,17,18)/t13-,14+/m1/s1. The zero-order valence-corrected chi connectivity index (χ0v) is 9.97. The number of rotatable bonds is 2. The molecular formula is C15H15NO2. The predicted molar refractivity (Wildman–Crippen MR) is 70.5 cm³/mol. The highest BCUT2D eigenvalue weighted by atomic mass is 16.4. The highest BCUT2D eigenvalue weighted by Gasteiger charge is 2.30. The maximum atomic E-state index is 11.0. The van der Waals surface area contributed by atoms with Crippen LogP contribution in [-0.4, -0.2) is 17.1 Å². The summed E-state index contributed by atoms with van der Waals surface area (Å²) in [6, 6.07) is 14.2. The Balaban J connectivity index is 1.98. The van der Waals surface area contributed by atoms with Crippen LogP contribution in [0.4, 0.5) is 0 Å². The minimum absolute atomic E-state index is 0.150. The summed E-state index contributed by atoms with van der Waals surface area (Å²) in [5, 5.41) is 14.6. The number of hydrogen-bond acceptors (Lipinski definition) is 2. The van der Waals surface area contributed by atoms with Crippen LogP contribution >= 0.6 is 0 Å². The maximum Gasteiger partial charge on any atom is 0.320 e. The molecule has 0 bridgehead atoms. The Morgan fingerprint density at radius 1 is 1.11 bits per heavy atom. The third-order valence-corrected chi connectivity index (χ3v) is 3.64. The monoisotopic (exact) mass is 241 g/mol. The van der Waals surface area contributed by atoms with Crippen molar-refractivity contribution in [3.8, 4) is 0 Å². The molecule has 0 spiro atoms. The van der Waals surface area contributed by atoms with Crippen LogP contribution in [0.5, 0.6) is 0 Å². The molecule has 0 aliphatic carbocycles. The molecule has 1 heterocycles. The topological polar surface area (TPSA) is 49.3 Å². The minimum atomic E-state index is -0.752. The Labute approximate surface area is 105 Å². The second-order valence-corrected chi connectivity index (χ2v) is 4.76. The lowest BCUT2D eigenvalue weighted by atomic mass is 9.98. The van der Waals surface area contributed by atoms with Crippen molar-refractivity contribution < 1.29 is 9.90 Å². The average molecular weight is 241 g/mol. The fraction of sp³-hybridized carbons (Fsp3) is 0.267. The molecule has 0 radical (unpaired) electrons. The van der Waals surface area contributed by atoms with Crippen molar-refractivity contribution in [3.63, 3.8) is 0 Å². The van der Waals surface area contributed by atoms with Crippen molar-refractivity contribution in [1.29, 1.82) is 0 Å². The highest BCUT2D eigenvalue weighted by Crippen LogP contribution is 2.31. The van der Waals surface area contributed by atoms with Crippen LogP contribution in [-0.2, 0) is 4.79 Å². The number of nitrogens with one attached hydrogen (secondary N) is 1. The molecule has 1 fully saturated rings. The second kappa shape index (κ2) is 4.42. The van der Waals surface area contributed by atoms with Gasteiger partial charge in [-0.15, -0.1) is 0 Å². The highest BCUT2D eigenvalue weighted by molar-refractivity contribution is 5.86. The fourth-order valence-corrected chi connectivity index (χ4v) is 2.74. The summed E-state index contributed by atoms with van der Waals surface area (Å²) < 4.78 is 0. The smallest absolute Gasteiger partial charge is 0.320 e. The fourth-order valence-electron chi connectivity index (χ4n) is 2.74. The molecule has 3 rings (SSSR count). The van der Waals surface area contributed by atoms with E-state index in [0.717, 1.165) is 6.42 Å². The first-order valence-electron chi connectivity index (χ1n) is 6.22. The van der Waals surface area contributed by atoms with E-state index in [1.807, 2.05) is 18.2 Å². The normalized spacial score (nSPS) is 23.3. The molecule has 0 saturated carbocycles. The van der Waals surface area contributed by atoms with Crippen molar-refractivity contribution in [2.75, 3.05) is 0 Å². The van der Waals surface area contributed by atoms with Gasteiger partial charge in [-0.1, -0.05) is 42.5 Å². The Morgan fingerprint density at radius 2 is 1.89 bits per heavy atom. The molecule has 0 unspecified atom stereocenters. The molecule has 1 aliphatic rings. The van der Waals surface area contributed by atoms with E-state index in [1.165, 1.54) is 16.3 Å². The van der Waals surface area contributed by atoms with E-state index in [1.54, 1.807) is 0 Å². The van der Waals surface area contributed by atoms with Crippen molar-refractivity contribution in [1.82, 2.24) is 5.32 Å². The summed E-state index contributed by atoms with van der Waals surface area (Å²) in [7, 11) is 0. The van der Waals surface area contributed by atoms with Gasteiger partial charge in [-0.3, -0.25) is 10.1 Å². The van der Waals surface area contributed by atoms with Gasteiger partial charge in [0.2, 0.25) is 0 Å². The number of benzene rings is 2. The number of hydrogen-bond donors (Lipinski definition) is 2. The van der Waals surface area contributed by atoms with Crippen molar-refractivity contribution in [2.45, 2.75) is 24.9 Å². The average Bonchev–Trinajstić information content (AvgIpc) is 2.87. The van der Waals surface area contributed by atoms with Gasteiger partial charge < -0.3 is 5.11 Å². The molecule has 3 nitrogen and oxygen atoms in total. The quantitative estimate of drug-likeness (QED) is 0.850. The molecular weight excluding hydrogens is 226 g/mol. The number of carboxylic acids is 1. The van der Waals surface area contributed by atoms with E-state index < -0.39 is 12.0 Å². The van der Waals surface area contributed by atoms with Gasteiger partial charge in [0.1, 0.15) is 6.04 Å². The summed E-state index contributed by atoms with van der Waals surface area (Å²) in [5.74, 6) is -0.752. The van der Waals surface area contributed by atoms with Gasteiger partial charge in [0.25, 0.3) is 0 Å². The number of aliphatic carboxylic acids is 1. The van der Waals surface area contributed by atoms with Crippen LogP contribution in [0, 0.1) is 0 Å². The Bertz CT molecular complexity index is 589. The summed E-state index contributed by atoms with van der Waals surface area (Å²) in [6.45, 7) is 0. The lowest BCUT2D eigenvalue weighted by Gasteiger charge is -2.15. The van der Waals surface area contributed by atoms with Crippen LogP contribution in [0.25, 0.3) is 10.8 Å². The van der Waals surface area contributed by atoms with Crippen LogP contribution in [0.15, 0.2) is 42.5 Å². The van der Waals surface area contributed by atoms with Crippen LogP contribution in [0.3, 0.4) is 0 Å². The van der Waals surface area contributed by atoms with Gasteiger partial charge in [-0.2, -0.15) is 0 Å². The Hall–Kier alpha value is -1.87. The van der Waals surface area contributed by atoms with Gasteiger partial charge in [0.15, 0.2) is 0 Å². The first-order chi connectivity index (χ1) is 8.75. The first-order valence-corrected chi connectivity index (χ1v) is 6.22. The molecule has 92 valence electrons. The van der Waals surface area contributed by atoms with Crippen molar-refractivity contribution in [3.05, 3.63) is 48.0 Å². The molecule has 2 atom stereocenters. The number of fused-ring (bicyclic) bond motifs is 1. The van der Waals surface area contributed by atoms with Gasteiger partial charge in [-0.25, -0.2) is 0 Å². The number of carboxylic acid groups (broad SMARTS) is 1. The lowest BCUT2D eigenvalue weighted by molar-refractivity contribution is -0.139. The summed E-state index contributed by atoms with van der Waals surface area (Å²) >= 11 is 0. The van der Waals surface area contributed by atoms with Gasteiger partial charge in [0.05, 0.1) is 0 Å². The zero-order valence-electron chi connectivity index (χ0n) is 9.97. The molecule has 1 saturated heterocycles. The van der Waals surface area contributed by atoms with Crippen LogP contribution < -0.4 is 5.32 Å². The molecule has 2 aromatic carbocycles. The van der Waals surface area contributed by atoms with E-state index in [4.69, 9.17) is 5.11 Å². The van der Waals surface area contributed by atoms with Crippen molar-refractivity contribution in [2.24, 2.45) is 0 Å². The molecule has 0 aromatic heterocycles. The molecule has 0 amide bonds. The molecule has 1 aliphatic heterocycles. The summed E-state index contributed by atoms with van der Waals surface area (Å²) in [6.07, 6.45) is 1.58. The first kappa shape index (κ1) is 11.2. The third kappa shape index (κ3) is 1.87. The van der Waals surface area contributed by atoms with Crippen LogP contribution in [0.2, 0.25) is 0 Å². The van der Waals surface area contributed by atoms with Crippen LogP contribution in [0.1, 0.15) is 24.4 Å². The predicted octanol–water partition coefficient (Wildman–Crippen LogP) is 2.72. The zero-order chi connectivity index (χ0) is 12.5. The molecule has 18 heavy (non-hydrogen) atoms. The summed E-state index contributed by atoms with van der Waals surface area (Å²) in [4.78, 5) is 11.0. The van der Waals surface area contributed by atoms with Gasteiger partial charge >= 0.3 is 5.97 Å². The van der Waals surface area contributed by atoms with E-state index in [-0.39, 0.29) is 6.04 Å². The molecule has 2 aromatic rings. The van der Waals surface area contributed by atoms with E-state index >= 15 is 0 Å². The summed E-state index contributed by atoms with van der Waals surface area (Å²) in [5.41, 5.74) is 1.21. The van der Waals surface area contributed by atoms with Gasteiger partial charge in [0, 0.05) is 6.04 Å². The van der Waals surface area contributed by atoms with E-state index in [0.29, 0.717) is 6.42 Å². The molecule has 3 heteroatoms. The lowest BCUT2D eigenvalue weighted by Crippen LogP contribution is -2.31. The second-order valence-electron chi connectivity index (χ2n) is 4.76. The van der Waals surface area contributed by atoms with Crippen molar-refractivity contribution >= 4 is 16.7 Å². The maximum absolute atomic E-state index is 11.0. The minimum Gasteiger partial charge on any atom is -0.480 e. The third-order valence-electron chi connectivity index (χ3n) is 3.64. The van der Waals surface area contributed by atoms with Gasteiger partial charge in [-0.05, 0) is 29.2 Å².